The fourth-order valence-electron chi connectivity index (χ4n) is 7.74. The molecule has 2 aliphatic heterocycles. The summed E-state index contributed by atoms with van der Waals surface area (Å²) < 4.78 is 51.4. The van der Waals surface area contributed by atoms with E-state index >= 15 is 0 Å². The predicted molar refractivity (Wildman–Crippen MR) is 252 cm³/mol. The van der Waals surface area contributed by atoms with Crippen LogP contribution in [-0.2, 0) is 32.7 Å². The van der Waals surface area contributed by atoms with Gasteiger partial charge >= 0.3 is 6.18 Å². The van der Waals surface area contributed by atoms with Crippen LogP contribution in [0.4, 0.5) is 24.5 Å². The highest BCUT2D eigenvalue weighted by Crippen LogP contribution is 2.35. The summed E-state index contributed by atoms with van der Waals surface area (Å²) in [4.78, 5) is 49.0. The Bertz CT molecular complexity index is 2230. The van der Waals surface area contributed by atoms with Crippen molar-refractivity contribution in [3.8, 4) is 11.3 Å². The number of piperidine rings is 1. The van der Waals surface area contributed by atoms with Gasteiger partial charge in [-0.2, -0.15) is 24.9 Å². The van der Waals surface area contributed by atoms with Crippen LogP contribution in [0.15, 0.2) is 85.1 Å². The van der Waals surface area contributed by atoms with Crippen molar-refractivity contribution in [2.24, 2.45) is 0 Å². The first-order chi connectivity index (χ1) is 31.0. The number of nitrogens with one attached hydrogen (secondary N) is 3. The number of carbonyl (C=O) groups is 3. The summed E-state index contributed by atoms with van der Waals surface area (Å²) >= 11 is 1.79. The van der Waals surface area contributed by atoms with Gasteiger partial charge in [0.1, 0.15) is 0 Å². The van der Waals surface area contributed by atoms with Crippen LogP contribution in [0.1, 0.15) is 104 Å². The number of thioether (sulfide) groups is 1. The number of halogens is 3. The number of pyridine rings is 1. The molecular weight excluding hydrogens is 854 g/mol. The molecular formula is C50H63F3N6O5S. The van der Waals surface area contributed by atoms with Gasteiger partial charge in [0.15, 0.2) is 0 Å². The summed E-state index contributed by atoms with van der Waals surface area (Å²) in [6.45, 7) is 15.4. The Kier molecular flexibility index (Phi) is 17.5. The second-order valence-corrected chi connectivity index (χ2v) is 19.6. The van der Waals surface area contributed by atoms with Gasteiger partial charge in [0.05, 0.1) is 35.8 Å². The third-order valence-electron chi connectivity index (χ3n) is 11.8. The topological polar surface area (TPSA) is 125 Å². The SMILES string of the molecule is CC(C)(CCC(=O)NCCN1CCOCC1)OCCC(C)(C)SCc1cccc(C(=O)Nc2ccc(N3CCCCC3)cc2-c2cc(C(=O)NCc3cccc(C(F)(F)F)c3)ccn2)c1. The summed E-state index contributed by atoms with van der Waals surface area (Å²) in [6, 6.07) is 21.5. The second kappa shape index (κ2) is 23.0. The Morgan fingerprint density at radius 1 is 0.800 bits per heavy atom. The molecule has 0 saturated carbocycles. The van der Waals surface area contributed by atoms with E-state index in [1.807, 2.05) is 50.2 Å². The van der Waals surface area contributed by atoms with Crippen LogP contribution in [0.25, 0.3) is 11.3 Å². The predicted octanol–water partition coefficient (Wildman–Crippen LogP) is 9.37. The smallest absolute Gasteiger partial charge is 0.379 e. The maximum absolute atomic E-state index is 13.9. The molecule has 4 aromatic rings. The first-order valence-corrected chi connectivity index (χ1v) is 23.6. The summed E-state index contributed by atoms with van der Waals surface area (Å²) in [7, 11) is 0. The van der Waals surface area contributed by atoms with Crippen molar-refractivity contribution >= 4 is 40.9 Å². The highest BCUT2D eigenvalue weighted by atomic mass is 32.2. The van der Waals surface area contributed by atoms with E-state index in [1.165, 1.54) is 18.3 Å². The molecule has 3 heterocycles. The normalized spacial score (nSPS) is 15.1. The number of benzene rings is 3. The van der Waals surface area contributed by atoms with Crippen LogP contribution in [-0.4, -0.2) is 97.0 Å². The fraction of sp³-hybridized carbons (Fsp3) is 0.480. The number of morpholine rings is 1. The van der Waals surface area contributed by atoms with Crippen LogP contribution in [0.3, 0.4) is 0 Å². The number of ether oxygens (including phenoxy) is 2. The minimum Gasteiger partial charge on any atom is -0.379 e. The largest absolute Gasteiger partial charge is 0.416 e. The number of hydrogen-bond acceptors (Lipinski definition) is 9. The first kappa shape index (κ1) is 49.5. The molecule has 2 aliphatic rings. The molecule has 0 radical (unpaired) electrons. The molecule has 65 heavy (non-hydrogen) atoms. The van der Waals surface area contributed by atoms with Crippen molar-refractivity contribution in [1.29, 1.82) is 0 Å². The Hall–Kier alpha value is -4.96. The molecule has 3 N–H and O–H groups in total. The van der Waals surface area contributed by atoms with Gasteiger partial charge in [0.25, 0.3) is 11.8 Å². The summed E-state index contributed by atoms with van der Waals surface area (Å²) in [5.41, 5.74) is 3.48. The molecule has 15 heteroatoms. The number of carbonyl (C=O) groups excluding carboxylic acids is 3. The zero-order valence-corrected chi connectivity index (χ0v) is 38.8. The van der Waals surface area contributed by atoms with Gasteiger partial charge in [-0.15, -0.1) is 0 Å². The van der Waals surface area contributed by atoms with Gasteiger partial charge in [0.2, 0.25) is 5.91 Å². The van der Waals surface area contributed by atoms with Crippen molar-refractivity contribution in [3.63, 3.8) is 0 Å². The maximum atomic E-state index is 13.9. The fourth-order valence-corrected chi connectivity index (χ4v) is 8.70. The van der Waals surface area contributed by atoms with Crippen LogP contribution >= 0.6 is 11.8 Å². The lowest BCUT2D eigenvalue weighted by Gasteiger charge is -2.29. The average molecular weight is 917 g/mol. The summed E-state index contributed by atoms with van der Waals surface area (Å²) in [6.07, 6.45) is 2.17. The van der Waals surface area contributed by atoms with E-state index in [1.54, 1.807) is 30.0 Å². The molecule has 6 rings (SSSR count). The summed E-state index contributed by atoms with van der Waals surface area (Å²) in [5, 5.41) is 8.87. The van der Waals surface area contributed by atoms with Gasteiger partial charge in [-0.25, -0.2) is 0 Å². The number of amides is 3. The Labute approximate surface area is 385 Å². The lowest BCUT2D eigenvalue weighted by Crippen LogP contribution is -2.41. The van der Waals surface area contributed by atoms with Crippen molar-refractivity contribution in [1.82, 2.24) is 20.5 Å². The monoisotopic (exact) mass is 916 g/mol. The van der Waals surface area contributed by atoms with E-state index in [0.717, 1.165) is 95.0 Å². The number of rotatable bonds is 20. The molecule has 3 aromatic carbocycles. The van der Waals surface area contributed by atoms with E-state index in [-0.39, 0.29) is 28.7 Å². The van der Waals surface area contributed by atoms with E-state index in [0.29, 0.717) is 59.8 Å². The highest BCUT2D eigenvalue weighted by Gasteiger charge is 2.30. The molecule has 1 aromatic heterocycles. The van der Waals surface area contributed by atoms with Gasteiger partial charge in [-0.1, -0.05) is 38.1 Å². The Morgan fingerprint density at radius 3 is 2.31 bits per heavy atom. The molecule has 350 valence electrons. The van der Waals surface area contributed by atoms with Gasteiger partial charge < -0.3 is 30.3 Å². The van der Waals surface area contributed by atoms with Crippen molar-refractivity contribution in [3.05, 3.63) is 113 Å². The van der Waals surface area contributed by atoms with Crippen molar-refractivity contribution in [2.45, 2.75) is 95.0 Å². The van der Waals surface area contributed by atoms with Crippen LogP contribution < -0.4 is 20.9 Å². The Morgan fingerprint density at radius 2 is 1.54 bits per heavy atom. The lowest BCUT2D eigenvalue weighted by molar-refractivity contribution is -0.137. The van der Waals surface area contributed by atoms with Crippen molar-refractivity contribution in [2.75, 3.05) is 69.3 Å². The average Bonchev–Trinajstić information content (AvgIpc) is 3.30. The number of nitrogens with zero attached hydrogens (tertiary/aromatic N) is 3. The van der Waals surface area contributed by atoms with E-state index in [2.05, 4.69) is 44.6 Å². The molecule has 2 fully saturated rings. The minimum absolute atomic E-state index is 0.0379. The first-order valence-electron chi connectivity index (χ1n) is 22.6. The number of alkyl halides is 3. The van der Waals surface area contributed by atoms with Crippen LogP contribution in [0.2, 0.25) is 0 Å². The van der Waals surface area contributed by atoms with Gasteiger partial charge in [-0.3, -0.25) is 24.3 Å². The third kappa shape index (κ3) is 15.6. The standard InChI is InChI=1S/C50H63F3N6O5S/c1-48(2,18-16-45(60)55-21-24-58-25-28-63-29-26-58)64-27-19-49(3,4)65-35-37-11-8-12-38(30-37)47(62)57-43-15-14-41(59-22-6-5-7-23-59)33-42(43)44-32-39(17-20-54-44)46(61)56-34-36-10-9-13-40(31-36)50(51,52)53/h8-15,17,20,30-33H,5-7,16,18-19,21-29,34-35H2,1-4H3,(H,55,60)(H,56,61)(H,57,62). The molecule has 0 spiro atoms. The van der Waals surface area contributed by atoms with E-state index < -0.39 is 23.2 Å². The van der Waals surface area contributed by atoms with Gasteiger partial charge in [0, 0.05) is 97.9 Å². The van der Waals surface area contributed by atoms with E-state index in [9.17, 15) is 27.6 Å². The maximum Gasteiger partial charge on any atom is 0.416 e. The molecule has 0 aliphatic carbocycles. The molecule has 0 atom stereocenters. The molecule has 11 nitrogen and oxygen atoms in total. The van der Waals surface area contributed by atoms with Crippen molar-refractivity contribution < 1.29 is 37.0 Å². The zero-order valence-electron chi connectivity index (χ0n) is 38.0. The lowest BCUT2D eigenvalue weighted by atomic mass is 10.0. The molecule has 3 amide bonds. The second-order valence-electron chi connectivity index (χ2n) is 18.0. The Balaban J connectivity index is 1.04. The quantitative estimate of drug-likeness (QED) is 0.0796. The molecule has 2 saturated heterocycles. The number of aromatic nitrogens is 1. The number of hydrogen-bond donors (Lipinski definition) is 3. The number of anilines is 2. The minimum atomic E-state index is -4.49. The zero-order chi connectivity index (χ0) is 46.5. The van der Waals surface area contributed by atoms with Crippen LogP contribution in [0.5, 0.6) is 0 Å². The third-order valence-corrected chi connectivity index (χ3v) is 13.3. The van der Waals surface area contributed by atoms with E-state index in [4.69, 9.17) is 9.47 Å². The summed E-state index contributed by atoms with van der Waals surface area (Å²) in [5.74, 6) is -0.0367. The van der Waals surface area contributed by atoms with Gasteiger partial charge in [-0.05, 0) is 112 Å². The molecule has 0 bridgehead atoms. The van der Waals surface area contributed by atoms with Crippen LogP contribution in [0, 0.1) is 0 Å². The highest BCUT2D eigenvalue weighted by molar-refractivity contribution is 7.99. The molecule has 0 unspecified atom stereocenters.